The summed E-state index contributed by atoms with van der Waals surface area (Å²) in [5.74, 6) is 0.775. The number of rotatable bonds is 6. The molecular formula is C13H24N2O2. The van der Waals surface area contributed by atoms with Crippen molar-refractivity contribution in [3.8, 4) is 0 Å². The first kappa shape index (κ1) is 12.8. The number of piperidine rings is 1. The van der Waals surface area contributed by atoms with E-state index in [0.717, 1.165) is 0 Å². The minimum Gasteiger partial charge on any atom is -0.380 e. The van der Waals surface area contributed by atoms with Crippen LogP contribution in [0.3, 0.4) is 0 Å². The number of fused-ring (bicyclic) bond motifs is 2. The van der Waals surface area contributed by atoms with Crippen molar-refractivity contribution in [2.24, 2.45) is 5.92 Å². The molecule has 0 aromatic carbocycles. The maximum atomic E-state index is 11.7. The van der Waals surface area contributed by atoms with E-state index in [9.17, 15) is 4.79 Å². The van der Waals surface area contributed by atoms with Gasteiger partial charge in [0.05, 0.1) is 6.61 Å². The molecule has 0 aliphatic carbocycles. The lowest BCUT2D eigenvalue weighted by atomic mass is 9.89. The van der Waals surface area contributed by atoms with Crippen LogP contribution in [0.4, 0.5) is 0 Å². The molecular weight excluding hydrogens is 216 g/mol. The molecule has 0 aromatic heterocycles. The molecule has 2 aliphatic heterocycles. The van der Waals surface area contributed by atoms with Crippen molar-refractivity contribution >= 4 is 5.91 Å². The standard InChI is InChI=1S/C13H24N2O2/c1-2-17-6-5-14-13(16)9-10-7-11-3-4-12(8-10)15-11/h10-12,15H,2-9H2,1H3,(H,14,16). The minimum absolute atomic E-state index is 0.191. The summed E-state index contributed by atoms with van der Waals surface area (Å²) in [6.45, 7) is 3.95. The van der Waals surface area contributed by atoms with Gasteiger partial charge in [-0.2, -0.15) is 0 Å². The Morgan fingerprint density at radius 1 is 1.35 bits per heavy atom. The first-order valence-electron chi connectivity index (χ1n) is 6.88. The summed E-state index contributed by atoms with van der Waals surface area (Å²) in [5.41, 5.74) is 0. The van der Waals surface area contributed by atoms with E-state index < -0.39 is 0 Å². The lowest BCUT2D eigenvalue weighted by Crippen LogP contribution is -2.40. The number of amides is 1. The van der Waals surface area contributed by atoms with Crippen molar-refractivity contribution < 1.29 is 9.53 Å². The summed E-state index contributed by atoms with van der Waals surface area (Å²) in [6, 6.07) is 1.35. The van der Waals surface area contributed by atoms with E-state index in [4.69, 9.17) is 4.74 Å². The topological polar surface area (TPSA) is 50.4 Å². The molecule has 2 saturated heterocycles. The molecule has 0 saturated carbocycles. The highest BCUT2D eigenvalue weighted by molar-refractivity contribution is 5.76. The van der Waals surface area contributed by atoms with Crippen molar-refractivity contribution in [2.75, 3.05) is 19.8 Å². The van der Waals surface area contributed by atoms with Crippen LogP contribution in [0.25, 0.3) is 0 Å². The van der Waals surface area contributed by atoms with E-state index in [1.807, 2.05) is 6.92 Å². The van der Waals surface area contributed by atoms with Gasteiger partial charge in [-0.25, -0.2) is 0 Å². The van der Waals surface area contributed by atoms with Gasteiger partial charge in [0.15, 0.2) is 0 Å². The smallest absolute Gasteiger partial charge is 0.220 e. The van der Waals surface area contributed by atoms with Crippen molar-refractivity contribution in [3.05, 3.63) is 0 Å². The summed E-state index contributed by atoms with van der Waals surface area (Å²) in [7, 11) is 0. The van der Waals surface area contributed by atoms with Gasteiger partial charge in [-0.05, 0) is 38.5 Å². The van der Waals surface area contributed by atoms with Crippen LogP contribution < -0.4 is 10.6 Å². The van der Waals surface area contributed by atoms with Gasteiger partial charge < -0.3 is 15.4 Å². The van der Waals surface area contributed by atoms with Crippen LogP contribution in [0.15, 0.2) is 0 Å². The number of carbonyl (C=O) groups excluding carboxylic acids is 1. The zero-order chi connectivity index (χ0) is 12.1. The zero-order valence-electron chi connectivity index (χ0n) is 10.7. The third-order valence-electron chi connectivity index (χ3n) is 3.82. The molecule has 0 aromatic rings. The number of hydrogen-bond donors (Lipinski definition) is 2. The van der Waals surface area contributed by atoms with Crippen LogP contribution in [0, 0.1) is 5.92 Å². The zero-order valence-corrected chi connectivity index (χ0v) is 10.7. The highest BCUT2D eigenvalue weighted by Gasteiger charge is 2.33. The summed E-state index contributed by atoms with van der Waals surface area (Å²) in [4.78, 5) is 11.7. The molecule has 4 nitrogen and oxygen atoms in total. The van der Waals surface area contributed by atoms with E-state index in [1.54, 1.807) is 0 Å². The van der Waals surface area contributed by atoms with E-state index >= 15 is 0 Å². The van der Waals surface area contributed by atoms with Gasteiger partial charge in [0.2, 0.25) is 5.91 Å². The Balaban J connectivity index is 1.61. The second-order valence-electron chi connectivity index (χ2n) is 5.23. The second kappa shape index (κ2) is 6.36. The van der Waals surface area contributed by atoms with Gasteiger partial charge in [0, 0.05) is 31.7 Å². The van der Waals surface area contributed by atoms with Crippen molar-refractivity contribution in [1.29, 1.82) is 0 Å². The molecule has 2 atom stereocenters. The van der Waals surface area contributed by atoms with E-state index in [1.165, 1.54) is 25.7 Å². The molecule has 0 radical (unpaired) electrons. The van der Waals surface area contributed by atoms with E-state index in [-0.39, 0.29) is 5.91 Å². The molecule has 2 rings (SSSR count). The minimum atomic E-state index is 0.191. The molecule has 2 unspecified atom stereocenters. The lowest BCUT2D eigenvalue weighted by molar-refractivity contribution is -0.122. The maximum absolute atomic E-state index is 11.7. The second-order valence-corrected chi connectivity index (χ2v) is 5.23. The van der Waals surface area contributed by atoms with Gasteiger partial charge in [0.1, 0.15) is 0 Å². The fraction of sp³-hybridized carbons (Fsp3) is 0.923. The first-order chi connectivity index (χ1) is 8.28. The highest BCUT2D eigenvalue weighted by Crippen LogP contribution is 2.32. The van der Waals surface area contributed by atoms with Gasteiger partial charge in [0.25, 0.3) is 0 Å². The molecule has 17 heavy (non-hydrogen) atoms. The van der Waals surface area contributed by atoms with Crippen LogP contribution in [-0.4, -0.2) is 37.7 Å². The number of hydrogen-bond acceptors (Lipinski definition) is 3. The molecule has 1 amide bonds. The van der Waals surface area contributed by atoms with E-state index in [2.05, 4.69) is 10.6 Å². The SMILES string of the molecule is CCOCCNC(=O)CC1CC2CCC(C1)N2. The van der Waals surface area contributed by atoms with Crippen LogP contribution in [0.2, 0.25) is 0 Å². The number of carbonyl (C=O) groups is 1. The van der Waals surface area contributed by atoms with Crippen LogP contribution in [-0.2, 0) is 9.53 Å². The summed E-state index contributed by atoms with van der Waals surface area (Å²) in [5, 5.41) is 6.53. The Morgan fingerprint density at radius 3 is 2.71 bits per heavy atom. The molecule has 2 fully saturated rings. The Kier molecular flexibility index (Phi) is 4.80. The van der Waals surface area contributed by atoms with Gasteiger partial charge in [-0.1, -0.05) is 0 Å². The first-order valence-corrected chi connectivity index (χ1v) is 6.88. The predicted octanol–water partition coefficient (Wildman–Crippen LogP) is 1.06. The average Bonchev–Trinajstić information content (AvgIpc) is 2.64. The number of nitrogens with one attached hydrogen (secondary N) is 2. The average molecular weight is 240 g/mol. The fourth-order valence-electron chi connectivity index (χ4n) is 3.08. The summed E-state index contributed by atoms with van der Waals surface area (Å²) < 4.78 is 5.19. The Morgan fingerprint density at radius 2 is 2.06 bits per heavy atom. The maximum Gasteiger partial charge on any atom is 0.220 e. The van der Waals surface area contributed by atoms with Crippen LogP contribution in [0.5, 0.6) is 0 Å². The summed E-state index contributed by atoms with van der Waals surface area (Å²) in [6.07, 6.45) is 5.64. The predicted molar refractivity (Wildman–Crippen MR) is 66.8 cm³/mol. The monoisotopic (exact) mass is 240 g/mol. The third-order valence-corrected chi connectivity index (χ3v) is 3.82. The van der Waals surface area contributed by atoms with Crippen molar-refractivity contribution in [3.63, 3.8) is 0 Å². The molecule has 98 valence electrons. The summed E-state index contributed by atoms with van der Waals surface area (Å²) >= 11 is 0. The van der Waals surface area contributed by atoms with E-state index in [0.29, 0.717) is 44.2 Å². The van der Waals surface area contributed by atoms with Gasteiger partial charge in [-0.3, -0.25) is 4.79 Å². The van der Waals surface area contributed by atoms with Crippen molar-refractivity contribution in [2.45, 2.75) is 51.1 Å². The molecule has 2 bridgehead atoms. The van der Waals surface area contributed by atoms with Gasteiger partial charge >= 0.3 is 0 Å². The fourth-order valence-corrected chi connectivity index (χ4v) is 3.08. The van der Waals surface area contributed by atoms with Crippen LogP contribution >= 0.6 is 0 Å². The Bertz CT molecular complexity index is 246. The highest BCUT2D eigenvalue weighted by atomic mass is 16.5. The van der Waals surface area contributed by atoms with Crippen molar-refractivity contribution in [1.82, 2.24) is 10.6 Å². The third kappa shape index (κ3) is 3.96. The molecule has 4 heteroatoms. The van der Waals surface area contributed by atoms with Crippen LogP contribution in [0.1, 0.15) is 39.0 Å². The molecule has 2 heterocycles. The Labute approximate surface area is 103 Å². The normalized spacial score (nSPS) is 31.5. The molecule has 2 aliphatic rings. The molecule has 2 N–H and O–H groups in total. The quantitative estimate of drug-likeness (QED) is 0.683. The largest absolute Gasteiger partial charge is 0.380 e. The number of ether oxygens (including phenoxy) is 1. The lowest BCUT2D eigenvalue weighted by Gasteiger charge is -2.28. The molecule has 0 spiro atoms. The Hall–Kier alpha value is -0.610. The van der Waals surface area contributed by atoms with Gasteiger partial charge in [-0.15, -0.1) is 0 Å².